The molecular weight excluding hydrogens is 331 g/mol. The van der Waals surface area contributed by atoms with Crippen molar-refractivity contribution in [3.05, 3.63) is 58.8 Å². The van der Waals surface area contributed by atoms with Gasteiger partial charge in [0.2, 0.25) is 0 Å². The van der Waals surface area contributed by atoms with Gasteiger partial charge >= 0.3 is 6.18 Å². The number of pyridine rings is 1. The molecule has 7 heteroatoms. The minimum atomic E-state index is -4.37. The number of hydrogen-bond acceptors (Lipinski definition) is 3. The van der Waals surface area contributed by atoms with Crippen LogP contribution in [0.4, 0.5) is 19.0 Å². The van der Waals surface area contributed by atoms with Crippen molar-refractivity contribution < 1.29 is 18.0 Å². The van der Waals surface area contributed by atoms with E-state index < -0.39 is 11.7 Å². The molecule has 1 aliphatic rings. The molecule has 0 fully saturated rings. The molecule has 0 unspecified atom stereocenters. The molecule has 0 aliphatic carbocycles. The largest absolute Gasteiger partial charge is 0.416 e. The fraction of sp³-hybridized carbons (Fsp3) is 0.333. The number of fused-ring (bicyclic) bond motifs is 1. The average Bonchev–Trinajstić information content (AvgIpc) is 2.59. The summed E-state index contributed by atoms with van der Waals surface area (Å²) < 4.78 is 39.7. The Kier molecular flexibility index (Phi) is 4.41. The second kappa shape index (κ2) is 6.38. The van der Waals surface area contributed by atoms with E-state index in [4.69, 9.17) is 0 Å². The summed E-state index contributed by atoms with van der Waals surface area (Å²) in [5, 5.41) is 0. The predicted octanol–water partition coefficient (Wildman–Crippen LogP) is 3.36. The monoisotopic (exact) mass is 349 g/mol. The van der Waals surface area contributed by atoms with Crippen LogP contribution in [-0.2, 0) is 19.1 Å². The van der Waals surface area contributed by atoms with E-state index in [0.29, 0.717) is 29.9 Å². The minimum absolute atomic E-state index is 0.152. The Labute approximate surface area is 143 Å². The SMILES string of the molecule is CN(C)C(=O)c1ccc(N2CCc3cccc(C(F)(F)F)c3C2)nc1. The Balaban J connectivity index is 1.87. The molecule has 0 saturated heterocycles. The average molecular weight is 349 g/mol. The predicted molar refractivity (Wildman–Crippen MR) is 88.5 cm³/mol. The zero-order valence-electron chi connectivity index (χ0n) is 14.0. The molecule has 0 bridgehead atoms. The van der Waals surface area contributed by atoms with E-state index in [1.807, 2.05) is 4.90 Å². The molecule has 2 aromatic rings. The van der Waals surface area contributed by atoms with Gasteiger partial charge in [-0.25, -0.2) is 4.98 Å². The first-order chi connectivity index (χ1) is 11.8. The Morgan fingerprint density at radius 3 is 2.56 bits per heavy atom. The first kappa shape index (κ1) is 17.3. The molecule has 1 amide bonds. The van der Waals surface area contributed by atoms with Crippen LogP contribution in [-0.4, -0.2) is 36.4 Å². The van der Waals surface area contributed by atoms with Gasteiger partial charge in [-0.15, -0.1) is 0 Å². The molecule has 0 saturated carbocycles. The van der Waals surface area contributed by atoms with Gasteiger partial charge in [-0.2, -0.15) is 13.2 Å². The maximum atomic E-state index is 13.2. The van der Waals surface area contributed by atoms with E-state index in [2.05, 4.69) is 4.98 Å². The van der Waals surface area contributed by atoms with Crippen molar-refractivity contribution in [3.63, 3.8) is 0 Å². The van der Waals surface area contributed by atoms with E-state index in [0.717, 1.165) is 11.6 Å². The van der Waals surface area contributed by atoms with Crippen LogP contribution in [0.5, 0.6) is 0 Å². The third-order valence-corrected chi connectivity index (χ3v) is 4.30. The van der Waals surface area contributed by atoms with Crippen molar-refractivity contribution in [2.45, 2.75) is 19.1 Å². The van der Waals surface area contributed by atoms with Crippen molar-refractivity contribution >= 4 is 11.7 Å². The summed E-state index contributed by atoms with van der Waals surface area (Å²) in [7, 11) is 3.30. The molecule has 2 heterocycles. The first-order valence-corrected chi connectivity index (χ1v) is 7.88. The van der Waals surface area contributed by atoms with Gasteiger partial charge in [0, 0.05) is 33.4 Å². The van der Waals surface area contributed by atoms with E-state index >= 15 is 0 Å². The fourth-order valence-corrected chi connectivity index (χ4v) is 3.00. The molecule has 1 aliphatic heterocycles. The number of aromatic nitrogens is 1. The zero-order chi connectivity index (χ0) is 18.2. The molecule has 4 nitrogen and oxygen atoms in total. The van der Waals surface area contributed by atoms with E-state index in [1.54, 1.807) is 32.3 Å². The second-order valence-corrected chi connectivity index (χ2v) is 6.22. The van der Waals surface area contributed by atoms with Crippen LogP contribution in [0.3, 0.4) is 0 Å². The summed E-state index contributed by atoms with van der Waals surface area (Å²) in [6.45, 7) is 0.737. The van der Waals surface area contributed by atoms with Crippen LogP contribution < -0.4 is 4.90 Å². The zero-order valence-corrected chi connectivity index (χ0v) is 14.0. The van der Waals surface area contributed by atoms with Gasteiger partial charge in [-0.1, -0.05) is 12.1 Å². The summed E-state index contributed by atoms with van der Waals surface area (Å²) in [4.78, 5) is 19.4. The fourth-order valence-electron chi connectivity index (χ4n) is 3.00. The Hall–Kier alpha value is -2.57. The third-order valence-electron chi connectivity index (χ3n) is 4.30. The number of amides is 1. The van der Waals surface area contributed by atoms with Crippen molar-refractivity contribution in [2.24, 2.45) is 0 Å². The van der Waals surface area contributed by atoms with Gasteiger partial charge < -0.3 is 9.80 Å². The molecule has 25 heavy (non-hydrogen) atoms. The highest BCUT2D eigenvalue weighted by atomic mass is 19.4. The highest BCUT2D eigenvalue weighted by Gasteiger charge is 2.35. The van der Waals surface area contributed by atoms with Crippen molar-refractivity contribution in [3.8, 4) is 0 Å². The Bertz CT molecular complexity index is 785. The Morgan fingerprint density at radius 2 is 1.96 bits per heavy atom. The van der Waals surface area contributed by atoms with Gasteiger partial charge in [0.1, 0.15) is 5.82 Å². The normalized spacial score (nSPS) is 14.2. The van der Waals surface area contributed by atoms with Crippen molar-refractivity contribution in [1.29, 1.82) is 0 Å². The highest BCUT2D eigenvalue weighted by Crippen LogP contribution is 2.36. The second-order valence-electron chi connectivity index (χ2n) is 6.22. The van der Waals surface area contributed by atoms with E-state index in [1.165, 1.54) is 17.2 Å². The molecular formula is C18H18F3N3O. The lowest BCUT2D eigenvalue weighted by Gasteiger charge is -2.31. The minimum Gasteiger partial charge on any atom is -0.352 e. The molecule has 1 aromatic heterocycles. The standard InChI is InChI=1S/C18H18F3N3O/c1-23(2)17(25)13-6-7-16(22-10-13)24-9-8-12-4-3-5-15(14(12)11-24)18(19,20)21/h3-7,10H,8-9,11H2,1-2H3. The van der Waals surface area contributed by atoms with E-state index in [9.17, 15) is 18.0 Å². The Morgan fingerprint density at radius 1 is 1.20 bits per heavy atom. The molecule has 0 N–H and O–H groups in total. The van der Waals surface area contributed by atoms with Gasteiger partial charge in [0.05, 0.1) is 11.1 Å². The van der Waals surface area contributed by atoms with Crippen LogP contribution in [0.25, 0.3) is 0 Å². The highest BCUT2D eigenvalue weighted by molar-refractivity contribution is 5.93. The molecule has 0 atom stereocenters. The van der Waals surface area contributed by atoms with Crippen LogP contribution >= 0.6 is 0 Å². The lowest BCUT2D eigenvalue weighted by molar-refractivity contribution is -0.138. The third kappa shape index (κ3) is 3.45. The molecule has 3 rings (SSSR count). The molecule has 0 spiro atoms. The van der Waals surface area contributed by atoms with Gasteiger partial charge in [-0.3, -0.25) is 4.79 Å². The number of benzene rings is 1. The summed E-state index contributed by atoms with van der Waals surface area (Å²) in [5.41, 5.74) is 0.887. The quantitative estimate of drug-likeness (QED) is 0.834. The number of rotatable bonds is 2. The number of hydrogen-bond donors (Lipinski definition) is 0. The lowest BCUT2D eigenvalue weighted by Crippen LogP contribution is -2.33. The maximum absolute atomic E-state index is 13.2. The van der Waals surface area contributed by atoms with Gasteiger partial charge in [0.25, 0.3) is 5.91 Å². The number of anilines is 1. The first-order valence-electron chi connectivity index (χ1n) is 7.88. The molecule has 132 valence electrons. The summed E-state index contributed by atoms with van der Waals surface area (Å²) in [6, 6.07) is 7.65. The number of halogens is 3. The van der Waals surface area contributed by atoms with E-state index in [-0.39, 0.29) is 12.5 Å². The summed E-state index contributed by atoms with van der Waals surface area (Å²) >= 11 is 0. The number of alkyl halides is 3. The number of carbonyl (C=O) groups is 1. The van der Waals surface area contributed by atoms with Crippen LogP contribution in [0.2, 0.25) is 0 Å². The maximum Gasteiger partial charge on any atom is 0.416 e. The smallest absolute Gasteiger partial charge is 0.352 e. The summed E-state index contributed by atoms with van der Waals surface area (Å²) in [6.07, 6.45) is -2.38. The van der Waals surface area contributed by atoms with Crippen LogP contribution in [0.1, 0.15) is 27.0 Å². The molecule has 0 radical (unpaired) electrons. The number of nitrogens with zero attached hydrogens (tertiary/aromatic N) is 3. The van der Waals surface area contributed by atoms with Crippen LogP contribution in [0.15, 0.2) is 36.5 Å². The van der Waals surface area contributed by atoms with Crippen molar-refractivity contribution in [1.82, 2.24) is 9.88 Å². The van der Waals surface area contributed by atoms with Gasteiger partial charge in [-0.05, 0) is 35.7 Å². The molecule has 1 aromatic carbocycles. The summed E-state index contributed by atoms with van der Waals surface area (Å²) in [5.74, 6) is 0.403. The van der Waals surface area contributed by atoms with Gasteiger partial charge in [0.15, 0.2) is 0 Å². The topological polar surface area (TPSA) is 36.4 Å². The van der Waals surface area contributed by atoms with Crippen LogP contribution in [0, 0.1) is 0 Å². The lowest BCUT2D eigenvalue weighted by atomic mass is 9.94. The number of carbonyl (C=O) groups excluding carboxylic acids is 1. The van der Waals surface area contributed by atoms with Crippen molar-refractivity contribution in [2.75, 3.05) is 25.5 Å².